The highest BCUT2D eigenvalue weighted by atomic mass is 32.1. The van der Waals surface area contributed by atoms with E-state index in [1.807, 2.05) is 30.5 Å². The van der Waals surface area contributed by atoms with E-state index in [1.165, 1.54) is 11.3 Å². The van der Waals surface area contributed by atoms with Crippen LogP contribution < -0.4 is 10.6 Å². The van der Waals surface area contributed by atoms with E-state index in [-0.39, 0.29) is 11.8 Å². The van der Waals surface area contributed by atoms with Crippen LogP contribution in [-0.4, -0.2) is 16.8 Å². The number of anilines is 1. The second-order valence-corrected chi connectivity index (χ2v) is 6.19. The highest BCUT2D eigenvalue weighted by Crippen LogP contribution is 2.29. The zero-order valence-electron chi connectivity index (χ0n) is 12.3. The predicted molar refractivity (Wildman–Crippen MR) is 86.6 cm³/mol. The molecule has 2 amide bonds. The Morgan fingerprint density at radius 3 is 3.14 bits per heavy atom. The average Bonchev–Trinajstić information content (AvgIpc) is 3.09. The summed E-state index contributed by atoms with van der Waals surface area (Å²) in [4.78, 5) is 27.4. The minimum atomic E-state index is 0.0322. The first-order valence-electron chi connectivity index (χ1n) is 7.30. The average molecular weight is 315 g/mol. The largest absolute Gasteiger partial charge is 0.350 e. The minimum absolute atomic E-state index is 0.0322. The maximum absolute atomic E-state index is 11.5. The molecular weight excluding hydrogens is 298 g/mol. The number of aromatic nitrogens is 1. The number of carbonyl (C=O) groups is 2. The number of hydrogen-bond donors (Lipinski definition) is 2. The molecule has 1 aliphatic rings. The highest BCUT2D eigenvalue weighted by Gasteiger charge is 2.18. The smallest absolute Gasteiger partial charge is 0.228 e. The summed E-state index contributed by atoms with van der Waals surface area (Å²) in [7, 11) is 0. The van der Waals surface area contributed by atoms with Crippen LogP contribution >= 0.6 is 11.3 Å². The van der Waals surface area contributed by atoms with E-state index in [0.29, 0.717) is 19.4 Å². The molecule has 3 rings (SSSR count). The van der Waals surface area contributed by atoms with Gasteiger partial charge in [-0.1, -0.05) is 13.0 Å². The lowest BCUT2D eigenvalue weighted by atomic mass is 10.1. The number of hydrogen-bond acceptors (Lipinski definition) is 4. The Bertz CT molecular complexity index is 724. The summed E-state index contributed by atoms with van der Waals surface area (Å²) >= 11 is 1.53. The molecule has 6 heteroatoms. The molecule has 22 heavy (non-hydrogen) atoms. The van der Waals surface area contributed by atoms with Gasteiger partial charge in [-0.05, 0) is 24.1 Å². The van der Waals surface area contributed by atoms with Crippen LogP contribution in [-0.2, 0) is 22.6 Å². The molecule has 0 spiro atoms. The lowest BCUT2D eigenvalue weighted by molar-refractivity contribution is -0.121. The molecule has 0 saturated carbocycles. The van der Waals surface area contributed by atoms with E-state index in [2.05, 4.69) is 15.6 Å². The third-order valence-corrected chi connectivity index (χ3v) is 4.34. The highest BCUT2D eigenvalue weighted by molar-refractivity contribution is 7.09. The summed E-state index contributed by atoms with van der Waals surface area (Å²) in [5.74, 6) is 0.0890. The normalized spacial score (nSPS) is 12.9. The first-order valence-corrected chi connectivity index (χ1v) is 8.18. The van der Waals surface area contributed by atoms with Crippen molar-refractivity contribution in [1.29, 1.82) is 0 Å². The maximum Gasteiger partial charge on any atom is 0.228 e. The van der Waals surface area contributed by atoms with Crippen molar-refractivity contribution >= 4 is 28.8 Å². The van der Waals surface area contributed by atoms with Crippen LogP contribution in [0.15, 0.2) is 23.6 Å². The van der Waals surface area contributed by atoms with Gasteiger partial charge in [0.2, 0.25) is 11.8 Å². The van der Waals surface area contributed by atoms with E-state index in [1.54, 1.807) is 0 Å². The Hall–Kier alpha value is -2.21. The van der Waals surface area contributed by atoms with Gasteiger partial charge in [0.1, 0.15) is 5.01 Å². The third kappa shape index (κ3) is 3.17. The van der Waals surface area contributed by atoms with Crippen LogP contribution in [0.25, 0.3) is 11.3 Å². The molecule has 2 aromatic rings. The monoisotopic (exact) mass is 315 g/mol. The summed E-state index contributed by atoms with van der Waals surface area (Å²) in [6.07, 6.45) is 1.81. The van der Waals surface area contributed by atoms with E-state index in [4.69, 9.17) is 0 Å². The van der Waals surface area contributed by atoms with Crippen LogP contribution in [0.2, 0.25) is 0 Å². The van der Waals surface area contributed by atoms with Gasteiger partial charge in [-0.3, -0.25) is 9.59 Å². The van der Waals surface area contributed by atoms with E-state index in [0.717, 1.165) is 33.9 Å². The van der Waals surface area contributed by atoms with Crippen LogP contribution in [0.5, 0.6) is 0 Å². The van der Waals surface area contributed by atoms with Crippen LogP contribution in [0, 0.1) is 0 Å². The van der Waals surface area contributed by atoms with Gasteiger partial charge >= 0.3 is 0 Å². The SMILES string of the molecule is CCCC(=O)NCc1nc(-c2ccc3c(c2)CC(=O)N3)cs1. The fourth-order valence-corrected chi connectivity index (χ4v) is 3.15. The molecule has 0 radical (unpaired) electrons. The first-order chi connectivity index (χ1) is 10.7. The molecule has 5 nitrogen and oxygen atoms in total. The fraction of sp³-hybridized carbons (Fsp3) is 0.312. The molecule has 1 aliphatic heterocycles. The quantitative estimate of drug-likeness (QED) is 0.891. The molecule has 0 fully saturated rings. The second kappa shape index (κ2) is 6.27. The summed E-state index contributed by atoms with van der Waals surface area (Å²) in [6, 6.07) is 5.87. The second-order valence-electron chi connectivity index (χ2n) is 5.25. The standard InChI is InChI=1S/C16H17N3O2S/c1-2-3-14(20)17-8-16-19-13(9-22-16)10-4-5-12-11(6-10)7-15(21)18-12/h4-6,9H,2-3,7-8H2,1H3,(H,17,20)(H,18,21). The van der Waals surface area contributed by atoms with Crippen molar-refractivity contribution in [1.82, 2.24) is 10.3 Å². The first kappa shape index (κ1) is 14.7. The third-order valence-electron chi connectivity index (χ3n) is 3.49. The van der Waals surface area contributed by atoms with Crippen molar-refractivity contribution in [3.63, 3.8) is 0 Å². The number of nitrogens with zero attached hydrogens (tertiary/aromatic N) is 1. The predicted octanol–water partition coefficient (Wildman–Crippen LogP) is 2.72. The summed E-state index contributed by atoms with van der Waals surface area (Å²) in [5.41, 5.74) is 3.77. The van der Waals surface area contributed by atoms with Crippen molar-refractivity contribution in [3.05, 3.63) is 34.2 Å². The molecule has 2 heterocycles. The van der Waals surface area contributed by atoms with Gasteiger partial charge in [0.05, 0.1) is 18.7 Å². The van der Waals surface area contributed by atoms with E-state index in [9.17, 15) is 9.59 Å². The van der Waals surface area contributed by atoms with Crippen molar-refractivity contribution in [2.75, 3.05) is 5.32 Å². The fourth-order valence-electron chi connectivity index (χ4n) is 2.40. The van der Waals surface area contributed by atoms with Crippen LogP contribution in [0.4, 0.5) is 5.69 Å². The van der Waals surface area contributed by atoms with Crippen molar-refractivity contribution < 1.29 is 9.59 Å². The Morgan fingerprint density at radius 2 is 2.32 bits per heavy atom. The molecule has 0 bridgehead atoms. The van der Waals surface area contributed by atoms with Gasteiger partial charge in [-0.15, -0.1) is 11.3 Å². The van der Waals surface area contributed by atoms with Gasteiger partial charge in [-0.2, -0.15) is 0 Å². The lowest BCUT2D eigenvalue weighted by Crippen LogP contribution is -2.21. The Kier molecular flexibility index (Phi) is 4.20. The Balaban J connectivity index is 1.70. The maximum atomic E-state index is 11.5. The minimum Gasteiger partial charge on any atom is -0.350 e. The van der Waals surface area contributed by atoms with Crippen molar-refractivity contribution in [2.45, 2.75) is 32.7 Å². The van der Waals surface area contributed by atoms with E-state index < -0.39 is 0 Å². The number of amides is 2. The van der Waals surface area contributed by atoms with Gasteiger partial charge < -0.3 is 10.6 Å². The molecule has 2 N–H and O–H groups in total. The molecule has 0 unspecified atom stereocenters. The van der Waals surface area contributed by atoms with E-state index >= 15 is 0 Å². The van der Waals surface area contributed by atoms with Gasteiger partial charge in [0, 0.05) is 23.1 Å². The molecule has 114 valence electrons. The van der Waals surface area contributed by atoms with Crippen molar-refractivity contribution in [2.24, 2.45) is 0 Å². The molecule has 0 saturated heterocycles. The zero-order chi connectivity index (χ0) is 15.5. The Morgan fingerprint density at radius 1 is 1.45 bits per heavy atom. The Labute approximate surface area is 132 Å². The summed E-state index contributed by atoms with van der Waals surface area (Å²) in [6.45, 7) is 2.45. The van der Waals surface area contributed by atoms with Gasteiger partial charge in [0.15, 0.2) is 0 Å². The van der Waals surface area contributed by atoms with Crippen LogP contribution in [0.1, 0.15) is 30.3 Å². The summed E-state index contributed by atoms with van der Waals surface area (Å²) < 4.78 is 0. The molecule has 1 aromatic heterocycles. The topological polar surface area (TPSA) is 71.1 Å². The number of rotatable bonds is 5. The molecule has 0 atom stereocenters. The molecule has 0 aliphatic carbocycles. The molecule has 1 aromatic carbocycles. The number of fused-ring (bicyclic) bond motifs is 1. The number of thiazole rings is 1. The van der Waals surface area contributed by atoms with Crippen LogP contribution in [0.3, 0.4) is 0 Å². The summed E-state index contributed by atoms with van der Waals surface area (Å²) in [5, 5.41) is 8.55. The lowest BCUT2D eigenvalue weighted by Gasteiger charge is -2.02. The van der Waals surface area contributed by atoms with Gasteiger partial charge in [0.25, 0.3) is 0 Å². The van der Waals surface area contributed by atoms with Crippen molar-refractivity contribution in [3.8, 4) is 11.3 Å². The van der Waals surface area contributed by atoms with Gasteiger partial charge in [-0.25, -0.2) is 4.98 Å². The molecular formula is C16H17N3O2S. The number of carbonyl (C=O) groups excluding carboxylic acids is 2. The number of benzene rings is 1. The zero-order valence-corrected chi connectivity index (χ0v) is 13.1. The number of nitrogens with one attached hydrogen (secondary N) is 2.